The predicted molar refractivity (Wildman–Crippen MR) is 86.0 cm³/mol. The van der Waals surface area contributed by atoms with Crippen LogP contribution in [0.5, 0.6) is 5.75 Å². The molecule has 2 aliphatic rings. The summed E-state index contributed by atoms with van der Waals surface area (Å²) in [6.07, 6.45) is 0.407. The number of anilines is 1. The van der Waals surface area contributed by atoms with Crippen LogP contribution in [0.4, 0.5) is 5.69 Å². The molecule has 24 heavy (non-hydrogen) atoms. The molecule has 0 saturated carbocycles. The number of ether oxygens (including phenoxy) is 1. The highest BCUT2D eigenvalue weighted by Gasteiger charge is 2.37. The summed E-state index contributed by atoms with van der Waals surface area (Å²) in [5.41, 5.74) is 1.45. The minimum absolute atomic E-state index is 0.0889. The van der Waals surface area contributed by atoms with Gasteiger partial charge in [-0.1, -0.05) is 6.07 Å². The lowest BCUT2D eigenvalue weighted by atomic mass is 10.1. The molecule has 7 heteroatoms. The number of amides is 2. The number of hydrogen-bond acceptors (Lipinski definition) is 4. The van der Waals surface area contributed by atoms with Crippen molar-refractivity contribution in [1.82, 2.24) is 4.90 Å². The molecule has 7 nitrogen and oxygen atoms in total. The number of benzene rings is 1. The molecule has 0 aromatic heterocycles. The van der Waals surface area contributed by atoms with Gasteiger partial charge in [0.2, 0.25) is 5.91 Å². The molecule has 0 bridgehead atoms. The fourth-order valence-corrected chi connectivity index (χ4v) is 3.09. The number of carbonyl (C=O) groups is 3. The average molecular weight is 332 g/mol. The predicted octanol–water partition coefficient (Wildman–Crippen LogP) is 1.19. The van der Waals surface area contributed by atoms with Gasteiger partial charge >= 0.3 is 5.97 Å². The number of carboxylic acids is 1. The zero-order chi connectivity index (χ0) is 17.3. The van der Waals surface area contributed by atoms with Crippen LogP contribution in [-0.4, -0.2) is 53.5 Å². The molecule has 1 saturated heterocycles. The molecule has 1 atom stereocenters. The normalized spacial score (nSPS) is 19.9. The smallest absolute Gasteiger partial charge is 0.307 e. The van der Waals surface area contributed by atoms with E-state index in [4.69, 9.17) is 9.84 Å². The number of likely N-dealkylation sites (tertiary alicyclic amines) is 1. The number of aryl methyl sites for hydroxylation is 1. The van der Waals surface area contributed by atoms with Crippen LogP contribution in [-0.2, 0) is 14.4 Å². The largest absolute Gasteiger partial charge is 0.481 e. The van der Waals surface area contributed by atoms with Gasteiger partial charge in [-0.25, -0.2) is 0 Å². The van der Waals surface area contributed by atoms with Crippen LogP contribution in [0.2, 0.25) is 0 Å². The molecule has 2 heterocycles. The molecule has 1 unspecified atom stereocenters. The number of carboxylic acid groups (broad SMARTS) is 1. The van der Waals surface area contributed by atoms with Gasteiger partial charge in [0.05, 0.1) is 12.1 Å². The van der Waals surface area contributed by atoms with Crippen molar-refractivity contribution >= 4 is 23.5 Å². The van der Waals surface area contributed by atoms with E-state index in [2.05, 4.69) is 0 Å². The van der Waals surface area contributed by atoms with Crippen molar-refractivity contribution in [2.75, 3.05) is 24.5 Å². The van der Waals surface area contributed by atoms with Gasteiger partial charge in [-0.15, -0.1) is 0 Å². The molecule has 1 fully saturated rings. The number of fused-ring (bicyclic) bond motifs is 1. The Morgan fingerprint density at radius 3 is 2.67 bits per heavy atom. The molecular formula is C17H20N2O5. The van der Waals surface area contributed by atoms with Crippen molar-refractivity contribution < 1.29 is 24.2 Å². The van der Waals surface area contributed by atoms with Crippen LogP contribution >= 0.6 is 0 Å². The second-order valence-corrected chi connectivity index (χ2v) is 6.19. The number of nitrogens with zero attached hydrogens (tertiary/aromatic N) is 2. The van der Waals surface area contributed by atoms with Gasteiger partial charge in [-0.05, 0) is 37.5 Å². The van der Waals surface area contributed by atoms with Gasteiger partial charge in [-0.3, -0.25) is 19.3 Å². The van der Waals surface area contributed by atoms with Crippen molar-refractivity contribution in [2.24, 2.45) is 0 Å². The molecule has 0 spiro atoms. The second-order valence-electron chi connectivity index (χ2n) is 6.19. The highest BCUT2D eigenvalue weighted by atomic mass is 16.5. The van der Waals surface area contributed by atoms with Gasteiger partial charge in [0.1, 0.15) is 12.3 Å². The van der Waals surface area contributed by atoms with Crippen LogP contribution < -0.4 is 9.64 Å². The molecule has 1 aromatic rings. The summed E-state index contributed by atoms with van der Waals surface area (Å²) in [7, 11) is 0. The number of rotatable bonds is 4. The quantitative estimate of drug-likeness (QED) is 0.895. The number of hydrogen-bond donors (Lipinski definition) is 1. The van der Waals surface area contributed by atoms with E-state index in [1.165, 1.54) is 4.90 Å². The number of aliphatic carboxylic acids is 1. The topological polar surface area (TPSA) is 87.1 Å². The van der Waals surface area contributed by atoms with Gasteiger partial charge in [0.15, 0.2) is 6.10 Å². The van der Waals surface area contributed by atoms with Crippen molar-refractivity contribution in [3.05, 3.63) is 23.8 Å². The fourth-order valence-electron chi connectivity index (χ4n) is 3.09. The summed E-state index contributed by atoms with van der Waals surface area (Å²) in [6.45, 7) is 3.20. The lowest BCUT2D eigenvalue weighted by Crippen LogP contribution is -2.50. The third kappa shape index (κ3) is 3.20. The average Bonchev–Trinajstić information content (AvgIpc) is 3.05. The van der Waals surface area contributed by atoms with E-state index >= 15 is 0 Å². The van der Waals surface area contributed by atoms with E-state index in [1.807, 2.05) is 13.0 Å². The van der Waals surface area contributed by atoms with Gasteiger partial charge in [0.25, 0.3) is 5.91 Å². The van der Waals surface area contributed by atoms with Gasteiger partial charge < -0.3 is 14.7 Å². The van der Waals surface area contributed by atoms with E-state index in [1.54, 1.807) is 17.0 Å². The Morgan fingerprint density at radius 1 is 1.29 bits per heavy atom. The van der Waals surface area contributed by atoms with E-state index in [0.717, 1.165) is 18.4 Å². The van der Waals surface area contributed by atoms with Crippen molar-refractivity contribution in [1.29, 1.82) is 0 Å². The standard InChI is InChI=1S/C17H20N2O5/c1-11-4-5-12-13(8-11)24-14(9-16(21)22)17(23)19(12)10-15(20)18-6-2-3-7-18/h4-5,8,14H,2-3,6-7,9-10H2,1H3,(H,21,22). The molecule has 128 valence electrons. The highest BCUT2D eigenvalue weighted by molar-refractivity contribution is 6.05. The summed E-state index contributed by atoms with van der Waals surface area (Å²) >= 11 is 0. The van der Waals surface area contributed by atoms with E-state index in [9.17, 15) is 14.4 Å². The Labute approximate surface area is 139 Å². The maximum absolute atomic E-state index is 12.6. The third-order valence-electron chi connectivity index (χ3n) is 4.33. The van der Waals surface area contributed by atoms with E-state index in [0.29, 0.717) is 24.5 Å². The summed E-state index contributed by atoms with van der Waals surface area (Å²) < 4.78 is 5.58. The van der Waals surface area contributed by atoms with Crippen LogP contribution in [0.15, 0.2) is 18.2 Å². The molecule has 3 rings (SSSR count). The highest BCUT2D eigenvalue weighted by Crippen LogP contribution is 2.35. The van der Waals surface area contributed by atoms with Crippen LogP contribution in [0.25, 0.3) is 0 Å². The Bertz CT molecular complexity index is 682. The SMILES string of the molecule is Cc1ccc2c(c1)OC(CC(=O)O)C(=O)N2CC(=O)N1CCCC1. The Morgan fingerprint density at radius 2 is 2.00 bits per heavy atom. The van der Waals surface area contributed by atoms with Gasteiger partial charge in [-0.2, -0.15) is 0 Å². The fraction of sp³-hybridized carbons (Fsp3) is 0.471. The van der Waals surface area contributed by atoms with Crippen molar-refractivity contribution in [3.63, 3.8) is 0 Å². The maximum Gasteiger partial charge on any atom is 0.307 e. The summed E-state index contributed by atoms with van der Waals surface area (Å²) in [5, 5.41) is 9.00. The lowest BCUT2D eigenvalue weighted by Gasteiger charge is -2.34. The van der Waals surface area contributed by atoms with Gasteiger partial charge in [0, 0.05) is 13.1 Å². The zero-order valence-electron chi connectivity index (χ0n) is 13.5. The van der Waals surface area contributed by atoms with Crippen LogP contribution in [0, 0.1) is 6.92 Å². The van der Waals surface area contributed by atoms with Crippen molar-refractivity contribution in [2.45, 2.75) is 32.3 Å². The lowest BCUT2D eigenvalue weighted by molar-refractivity contribution is -0.142. The third-order valence-corrected chi connectivity index (χ3v) is 4.33. The number of carbonyl (C=O) groups excluding carboxylic acids is 2. The summed E-state index contributed by atoms with van der Waals surface area (Å²) in [4.78, 5) is 39.2. The molecule has 0 aliphatic carbocycles. The van der Waals surface area contributed by atoms with Crippen LogP contribution in [0.1, 0.15) is 24.8 Å². The second kappa shape index (κ2) is 6.51. The summed E-state index contributed by atoms with van der Waals surface area (Å²) in [6, 6.07) is 5.32. The summed E-state index contributed by atoms with van der Waals surface area (Å²) in [5.74, 6) is -1.28. The first-order valence-corrected chi connectivity index (χ1v) is 8.04. The Hall–Kier alpha value is -2.57. The molecule has 1 N–H and O–H groups in total. The minimum atomic E-state index is -1.12. The minimum Gasteiger partial charge on any atom is -0.481 e. The van der Waals surface area contributed by atoms with E-state index < -0.39 is 24.4 Å². The monoisotopic (exact) mass is 332 g/mol. The Balaban J connectivity index is 1.88. The molecule has 2 aliphatic heterocycles. The zero-order valence-corrected chi connectivity index (χ0v) is 13.5. The van der Waals surface area contributed by atoms with Crippen LogP contribution in [0.3, 0.4) is 0 Å². The van der Waals surface area contributed by atoms with Crippen molar-refractivity contribution in [3.8, 4) is 5.75 Å². The first kappa shape index (κ1) is 16.3. The molecule has 2 amide bonds. The molecule has 0 radical (unpaired) electrons. The maximum atomic E-state index is 12.6. The van der Waals surface area contributed by atoms with E-state index in [-0.39, 0.29) is 12.5 Å². The molecular weight excluding hydrogens is 312 g/mol. The first-order chi connectivity index (χ1) is 11.5. The first-order valence-electron chi connectivity index (χ1n) is 8.04. The Kier molecular flexibility index (Phi) is 4.42. The molecule has 1 aromatic carbocycles.